The van der Waals surface area contributed by atoms with Gasteiger partial charge in [0.05, 0.1) is 23.4 Å². The van der Waals surface area contributed by atoms with Crippen LogP contribution in [0, 0.1) is 6.92 Å². The molecule has 1 aromatic rings. The highest BCUT2D eigenvalue weighted by molar-refractivity contribution is 6.33. The third-order valence-corrected chi connectivity index (χ3v) is 4.17. The normalized spacial score (nSPS) is 20.5. The molecule has 116 valence electrons. The largest absolute Gasteiger partial charge is 0.393 e. The maximum atomic E-state index is 12.2. The van der Waals surface area contributed by atoms with Crippen LogP contribution in [-0.4, -0.2) is 41.1 Å². The number of likely N-dealkylation sites (tertiary alicyclic amines) is 1. The van der Waals surface area contributed by atoms with Gasteiger partial charge in [-0.3, -0.25) is 9.69 Å². The molecule has 2 atom stereocenters. The van der Waals surface area contributed by atoms with Crippen molar-refractivity contribution in [2.24, 2.45) is 0 Å². The molecule has 2 rings (SSSR count). The second-order valence-corrected chi connectivity index (χ2v) is 6.29. The lowest BCUT2D eigenvalue weighted by Crippen LogP contribution is -2.38. The van der Waals surface area contributed by atoms with Crippen molar-refractivity contribution in [2.75, 3.05) is 18.4 Å². The highest BCUT2D eigenvalue weighted by Crippen LogP contribution is 2.24. The highest BCUT2D eigenvalue weighted by atomic mass is 35.5. The highest BCUT2D eigenvalue weighted by Gasteiger charge is 2.27. The van der Waals surface area contributed by atoms with E-state index in [-0.39, 0.29) is 12.0 Å². The van der Waals surface area contributed by atoms with Crippen LogP contribution in [0.4, 0.5) is 5.69 Å². The molecule has 0 saturated carbocycles. The number of carbonyl (C=O) groups excluding carboxylic acids is 1. The summed E-state index contributed by atoms with van der Waals surface area (Å²) in [5, 5.41) is 12.9. The van der Waals surface area contributed by atoms with Crippen molar-refractivity contribution in [3.05, 3.63) is 28.8 Å². The SMILES string of the molecule is Cc1ccc(NC(=O)CN2CCCC2CC(C)O)c(Cl)c1. The smallest absolute Gasteiger partial charge is 0.238 e. The Bertz CT molecular complexity index is 505. The first-order chi connectivity index (χ1) is 9.95. The van der Waals surface area contributed by atoms with Crippen LogP contribution in [-0.2, 0) is 4.79 Å². The van der Waals surface area contributed by atoms with Gasteiger partial charge >= 0.3 is 0 Å². The van der Waals surface area contributed by atoms with E-state index in [0.717, 1.165) is 31.4 Å². The molecule has 1 fully saturated rings. The third kappa shape index (κ3) is 4.70. The van der Waals surface area contributed by atoms with Gasteiger partial charge in [-0.25, -0.2) is 0 Å². The number of aliphatic hydroxyl groups excluding tert-OH is 1. The van der Waals surface area contributed by atoms with Crippen LogP contribution in [0.5, 0.6) is 0 Å². The van der Waals surface area contributed by atoms with E-state index >= 15 is 0 Å². The summed E-state index contributed by atoms with van der Waals surface area (Å²) in [5.41, 5.74) is 1.72. The Morgan fingerprint density at radius 1 is 1.57 bits per heavy atom. The summed E-state index contributed by atoms with van der Waals surface area (Å²) in [4.78, 5) is 14.3. The minimum absolute atomic E-state index is 0.0572. The molecule has 0 spiro atoms. The summed E-state index contributed by atoms with van der Waals surface area (Å²) >= 11 is 6.13. The van der Waals surface area contributed by atoms with E-state index in [9.17, 15) is 9.90 Å². The van der Waals surface area contributed by atoms with Crippen molar-refractivity contribution in [3.63, 3.8) is 0 Å². The predicted octanol–water partition coefficient (Wildman–Crippen LogP) is 2.82. The molecule has 0 aliphatic carbocycles. The van der Waals surface area contributed by atoms with Crippen LogP contribution in [0.1, 0.15) is 31.7 Å². The molecule has 1 aliphatic rings. The molecule has 1 heterocycles. The molecular weight excluding hydrogens is 288 g/mol. The van der Waals surface area contributed by atoms with Crippen molar-refractivity contribution in [1.82, 2.24) is 4.90 Å². The number of benzene rings is 1. The zero-order valence-electron chi connectivity index (χ0n) is 12.6. The zero-order chi connectivity index (χ0) is 15.4. The van der Waals surface area contributed by atoms with Gasteiger partial charge in [-0.2, -0.15) is 0 Å². The minimum atomic E-state index is -0.329. The second-order valence-electron chi connectivity index (χ2n) is 5.88. The number of amides is 1. The zero-order valence-corrected chi connectivity index (χ0v) is 13.4. The standard InChI is InChI=1S/C16H23ClN2O2/c1-11-5-6-15(14(17)8-11)18-16(21)10-19-7-3-4-13(19)9-12(2)20/h5-6,8,12-13,20H,3-4,7,9-10H2,1-2H3,(H,18,21). The van der Waals surface area contributed by atoms with Crippen LogP contribution in [0.3, 0.4) is 0 Å². The van der Waals surface area contributed by atoms with Crippen LogP contribution in [0.15, 0.2) is 18.2 Å². The van der Waals surface area contributed by atoms with Crippen molar-refractivity contribution in [2.45, 2.75) is 45.3 Å². The van der Waals surface area contributed by atoms with Crippen LogP contribution >= 0.6 is 11.6 Å². The molecule has 2 N–H and O–H groups in total. The molecule has 2 unspecified atom stereocenters. The number of rotatable bonds is 5. The van der Waals surface area contributed by atoms with Crippen molar-refractivity contribution < 1.29 is 9.90 Å². The molecule has 0 radical (unpaired) electrons. The van der Waals surface area contributed by atoms with Gasteiger partial charge in [0.25, 0.3) is 0 Å². The van der Waals surface area contributed by atoms with Gasteiger partial charge in [-0.15, -0.1) is 0 Å². The molecule has 5 heteroatoms. The van der Waals surface area contributed by atoms with Gasteiger partial charge in [0.2, 0.25) is 5.91 Å². The molecular formula is C16H23ClN2O2. The average Bonchev–Trinajstić information content (AvgIpc) is 2.79. The third-order valence-electron chi connectivity index (χ3n) is 3.86. The van der Waals surface area contributed by atoms with Crippen molar-refractivity contribution in [3.8, 4) is 0 Å². The van der Waals surface area contributed by atoms with E-state index in [2.05, 4.69) is 10.2 Å². The predicted molar refractivity (Wildman–Crippen MR) is 85.7 cm³/mol. The van der Waals surface area contributed by atoms with Gasteiger partial charge in [0.15, 0.2) is 0 Å². The van der Waals surface area contributed by atoms with Gasteiger partial charge < -0.3 is 10.4 Å². The second kappa shape index (κ2) is 7.25. The first-order valence-corrected chi connectivity index (χ1v) is 7.81. The molecule has 0 bridgehead atoms. The van der Waals surface area contributed by atoms with E-state index in [1.54, 1.807) is 6.92 Å². The van der Waals surface area contributed by atoms with Gasteiger partial charge in [0.1, 0.15) is 0 Å². The number of nitrogens with zero attached hydrogens (tertiary/aromatic N) is 1. The number of carbonyl (C=O) groups is 1. The maximum Gasteiger partial charge on any atom is 0.238 e. The van der Waals surface area contributed by atoms with Crippen molar-refractivity contribution in [1.29, 1.82) is 0 Å². The topological polar surface area (TPSA) is 52.6 Å². The average molecular weight is 311 g/mol. The first-order valence-electron chi connectivity index (χ1n) is 7.44. The lowest BCUT2D eigenvalue weighted by molar-refractivity contribution is -0.117. The number of nitrogens with one attached hydrogen (secondary N) is 1. The summed E-state index contributed by atoms with van der Waals surface area (Å²) in [6.07, 6.45) is 2.52. The number of aliphatic hydroxyl groups is 1. The lowest BCUT2D eigenvalue weighted by Gasteiger charge is -2.24. The van der Waals surface area contributed by atoms with Crippen LogP contribution < -0.4 is 5.32 Å². The fraction of sp³-hybridized carbons (Fsp3) is 0.562. The molecule has 1 amide bonds. The molecule has 4 nitrogen and oxygen atoms in total. The van der Waals surface area contributed by atoms with Gasteiger partial charge in [0, 0.05) is 6.04 Å². The fourth-order valence-electron chi connectivity index (χ4n) is 2.86. The Morgan fingerprint density at radius 3 is 3.00 bits per heavy atom. The lowest BCUT2D eigenvalue weighted by atomic mass is 10.1. The number of hydrogen-bond donors (Lipinski definition) is 2. The summed E-state index contributed by atoms with van der Waals surface area (Å²) in [6.45, 7) is 5.01. The van der Waals surface area contributed by atoms with E-state index in [4.69, 9.17) is 11.6 Å². The Morgan fingerprint density at radius 2 is 2.33 bits per heavy atom. The van der Waals surface area contributed by atoms with Crippen molar-refractivity contribution >= 4 is 23.2 Å². The molecule has 1 saturated heterocycles. The fourth-order valence-corrected chi connectivity index (χ4v) is 3.14. The Kier molecular flexibility index (Phi) is 5.62. The monoisotopic (exact) mass is 310 g/mol. The van der Waals surface area contributed by atoms with E-state index in [0.29, 0.717) is 23.3 Å². The number of aryl methyl sites for hydroxylation is 1. The van der Waals surface area contributed by atoms with E-state index in [1.807, 2.05) is 25.1 Å². The minimum Gasteiger partial charge on any atom is -0.393 e. The quantitative estimate of drug-likeness (QED) is 0.879. The Balaban J connectivity index is 1.92. The Hall–Kier alpha value is -1.10. The number of halogens is 1. The van der Waals surface area contributed by atoms with Gasteiger partial charge in [-0.05, 0) is 57.4 Å². The molecule has 1 aromatic carbocycles. The summed E-state index contributed by atoms with van der Waals surface area (Å²) in [7, 11) is 0. The van der Waals surface area contributed by atoms with Crippen LogP contribution in [0.2, 0.25) is 5.02 Å². The van der Waals surface area contributed by atoms with Gasteiger partial charge in [-0.1, -0.05) is 17.7 Å². The molecule has 21 heavy (non-hydrogen) atoms. The summed E-state index contributed by atoms with van der Waals surface area (Å²) in [5.74, 6) is -0.0572. The number of anilines is 1. The summed E-state index contributed by atoms with van der Waals surface area (Å²) < 4.78 is 0. The Labute approximate surface area is 131 Å². The van der Waals surface area contributed by atoms with Crippen LogP contribution in [0.25, 0.3) is 0 Å². The first kappa shape index (κ1) is 16.3. The number of hydrogen-bond acceptors (Lipinski definition) is 3. The molecule has 1 aliphatic heterocycles. The maximum absolute atomic E-state index is 12.2. The summed E-state index contributed by atoms with van der Waals surface area (Å²) in [6, 6.07) is 5.88. The van der Waals surface area contributed by atoms with E-state index < -0.39 is 0 Å². The molecule has 0 aromatic heterocycles. The van der Waals surface area contributed by atoms with E-state index in [1.165, 1.54) is 0 Å².